The first-order valence-corrected chi connectivity index (χ1v) is 10.0. The van der Waals surface area contributed by atoms with Crippen molar-refractivity contribution in [3.8, 4) is 23.0 Å². The van der Waals surface area contributed by atoms with Gasteiger partial charge in [-0.1, -0.05) is 30.3 Å². The van der Waals surface area contributed by atoms with Gasteiger partial charge in [-0.05, 0) is 48.9 Å². The lowest BCUT2D eigenvalue weighted by Crippen LogP contribution is -2.00. The van der Waals surface area contributed by atoms with Crippen molar-refractivity contribution < 1.29 is 23.7 Å². The first-order chi connectivity index (χ1) is 15.1. The number of hydrogen-bond donors (Lipinski definition) is 0. The molecule has 0 aromatic heterocycles. The van der Waals surface area contributed by atoms with Gasteiger partial charge >= 0.3 is 0 Å². The fourth-order valence-electron chi connectivity index (χ4n) is 3.05. The van der Waals surface area contributed by atoms with E-state index in [0.717, 1.165) is 11.1 Å². The summed E-state index contributed by atoms with van der Waals surface area (Å²) < 4.78 is 22.1. The van der Waals surface area contributed by atoms with Gasteiger partial charge in [0.1, 0.15) is 29.6 Å². The van der Waals surface area contributed by atoms with Crippen LogP contribution in [0.3, 0.4) is 0 Å². The van der Waals surface area contributed by atoms with Gasteiger partial charge in [-0.2, -0.15) is 0 Å². The van der Waals surface area contributed by atoms with Crippen molar-refractivity contribution in [3.05, 3.63) is 89.5 Å². The van der Waals surface area contributed by atoms with E-state index in [1.165, 1.54) is 13.2 Å². The van der Waals surface area contributed by atoms with E-state index < -0.39 is 0 Å². The third-order valence-electron chi connectivity index (χ3n) is 4.62. The summed E-state index contributed by atoms with van der Waals surface area (Å²) in [4.78, 5) is 12.7. The zero-order valence-electron chi connectivity index (χ0n) is 18.0. The van der Waals surface area contributed by atoms with Crippen LogP contribution in [0.1, 0.15) is 28.4 Å². The van der Waals surface area contributed by atoms with Gasteiger partial charge in [0.25, 0.3) is 0 Å². The highest BCUT2D eigenvalue weighted by atomic mass is 16.5. The van der Waals surface area contributed by atoms with Crippen molar-refractivity contribution in [2.24, 2.45) is 0 Å². The summed E-state index contributed by atoms with van der Waals surface area (Å²) in [7, 11) is 3.12. The zero-order valence-corrected chi connectivity index (χ0v) is 18.0. The van der Waals surface area contributed by atoms with E-state index in [4.69, 9.17) is 18.9 Å². The van der Waals surface area contributed by atoms with E-state index in [-0.39, 0.29) is 5.78 Å². The molecule has 0 aliphatic carbocycles. The molecule has 0 unspecified atom stereocenters. The number of benzene rings is 3. The number of ketones is 1. The van der Waals surface area contributed by atoms with Crippen LogP contribution in [0.4, 0.5) is 0 Å². The molecule has 5 heteroatoms. The number of carbonyl (C=O) groups is 1. The minimum Gasteiger partial charge on any atom is -0.496 e. The average molecular weight is 418 g/mol. The van der Waals surface area contributed by atoms with Crippen LogP contribution in [0.5, 0.6) is 23.0 Å². The maximum absolute atomic E-state index is 12.7. The molecule has 0 fully saturated rings. The smallest absolute Gasteiger partial charge is 0.189 e. The molecule has 3 aromatic carbocycles. The molecule has 0 aliphatic rings. The molecule has 0 saturated heterocycles. The van der Waals surface area contributed by atoms with Gasteiger partial charge in [0.05, 0.1) is 26.4 Å². The van der Waals surface area contributed by atoms with Gasteiger partial charge in [-0.25, -0.2) is 0 Å². The van der Waals surface area contributed by atoms with E-state index in [1.54, 1.807) is 31.4 Å². The first kappa shape index (κ1) is 22.0. The normalized spacial score (nSPS) is 10.7. The highest BCUT2D eigenvalue weighted by Crippen LogP contribution is 2.28. The highest BCUT2D eigenvalue weighted by molar-refractivity contribution is 6.08. The lowest BCUT2D eigenvalue weighted by molar-refractivity contribution is 0.104. The molecule has 3 rings (SSSR count). The van der Waals surface area contributed by atoms with Crippen LogP contribution in [-0.2, 0) is 6.61 Å². The second kappa shape index (κ2) is 10.9. The van der Waals surface area contributed by atoms with E-state index in [2.05, 4.69) is 0 Å². The molecule has 0 atom stereocenters. The van der Waals surface area contributed by atoms with Crippen LogP contribution in [0.2, 0.25) is 0 Å². The summed E-state index contributed by atoms with van der Waals surface area (Å²) in [5, 5.41) is 0. The molecule has 0 radical (unpaired) electrons. The molecule has 0 aliphatic heterocycles. The van der Waals surface area contributed by atoms with Crippen LogP contribution >= 0.6 is 0 Å². The van der Waals surface area contributed by atoms with Gasteiger partial charge in [0.2, 0.25) is 0 Å². The van der Waals surface area contributed by atoms with Gasteiger partial charge < -0.3 is 18.9 Å². The number of rotatable bonds is 10. The summed E-state index contributed by atoms with van der Waals surface area (Å²) in [6.07, 6.45) is 3.22. The number of hydrogen-bond acceptors (Lipinski definition) is 5. The predicted molar refractivity (Wildman–Crippen MR) is 121 cm³/mol. The summed E-state index contributed by atoms with van der Waals surface area (Å²) in [5.41, 5.74) is 2.32. The summed E-state index contributed by atoms with van der Waals surface area (Å²) in [6, 6.07) is 20.6. The Hall–Kier alpha value is -3.73. The lowest BCUT2D eigenvalue weighted by atomic mass is 10.1. The lowest BCUT2D eigenvalue weighted by Gasteiger charge is -2.11. The first-order valence-electron chi connectivity index (χ1n) is 10.0. The SMILES string of the molecule is CCOc1ccc(C(=O)C=Cc2ccc(OCc3ccccc3)cc2OC)c(OC)c1. The fraction of sp³-hybridized carbons (Fsp3) is 0.192. The van der Waals surface area contributed by atoms with Gasteiger partial charge in [0, 0.05) is 17.7 Å². The topological polar surface area (TPSA) is 54.0 Å². The van der Waals surface area contributed by atoms with Crippen LogP contribution in [0, 0.1) is 0 Å². The quantitative estimate of drug-likeness (QED) is 0.318. The number of carbonyl (C=O) groups excluding carboxylic acids is 1. The van der Waals surface area contributed by atoms with Crippen LogP contribution in [0.15, 0.2) is 72.8 Å². The molecular formula is C26H26O5. The Morgan fingerprint density at radius 3 is 2.23 bits per heavy atom. The van der Waals surface area contributed by atoms with Crippen molar-refractivity contribution in [1.29, 1.82) is 0 Å². The van der Waals surface area contributed by atoms with E-state index in [0.29, 0.717) is 41.8 Å². The van der Waals surface area contributed by atoms with Gasteiger partial charge in [-0.3, -0.25) is 4.79 Å². The molecule has 5 nitrogen and oxygen atoms in total. The third-order valence-corrected chi connectivity index (χ3v) is 4.62. The van der Waals surface area contributed by atoms with E-state index >= 15 is 0 Å². The molecule has 0 N–H and O–H groups in total. The maximum atomic E-state index is 12.7. The van der Waals surface area contributed by atoms with Crippen LogP contribution in [-0.4, -0.2) is 26.6 Å². The standard InChI is InChI=1S/C26H26O5/c1-4-30-21-13-14-23(26(17-21)29-3)24(27)15-11-20-10-12-22(16-25(20)28-2)31-18-19-8-6-5-7-9-19/h5-17H,4,18H2,1-3H3. The Morgan fingerprint density at radius 1 is 0.839 bits per heavy atom. The van der Waals surface area contributed by atoms with E-state index in [1.807, 2.05) is 55.5 Å². The molecule has 0 amide bonds. The Bertz CT molecular complexity index is 1040. The molecule has 160 valence electrons. The van der Waals surface area contributed by atoms with Crippen LogP contribution < -0.4 is 18.9 Å². The second-order valence-corrected chi connectivity index (χ2v) is 6.67. The Kier molecular flexibility index (Phi) is 7.71. The molecular weight excluding hydrogens is 392 g/mol. The van der Waals surface area contributed by atoms with Gasteiger partial charge in [-0.15, -0.1) is 0 Å². The molecule has 0 bridgehead atoms. The minimum absolute atomic E-state index is 0.175. The van der Waals surface area contributed by atoms with Gasteiger partial charge in [0.15, 0.2) is 5.78 Å². The van der Waals surface area contributed by atoms with E-state index in [9.17, 15) is 4.79 Å². The number of allylic oxidation sites excluding steroid dienone is 1. The second-order valence-electron chi connectivity index (χ2n) is 6.67. The fourth-order valence-corrected chi connectivity index (χ4v) is 3.05. The number of ether oxygens (including phenoxy) is 4. The van der Waals surface area contributed by atoms with Crippen molar-refractivity contribution >= 4 is 11.9 Å². The van der Waals surface area contributed by atoms with Crippen molar-refractivity contribution in [2.45, 2.75) is 13.5 Å². The minimum atomic E-state index is -0.175. The molecule has 3 aromatic rings. The Labute approximate surface area is 182 Å². The van der Waals surface area contributed by atoms with Crippen molar-refractivity contribution in [3.63, 3.8) is 0 Å². The summed E-state index contributed by atoms with van der Waals surface area (Å²) >= 11 is 0. The molecule has 31 heavy (non-hydrogen) atoms. The Balaban J connectivity index is 1.73. The highest BCUT2D eigenvalue weighted by Gasteiger charge is 2.12. The maximum Gasteiger partial charge on any atom is 0.189 e. The zero-order chi connectivity index (χ0) is 22.1. The van der Waals surface area contributed by atoms with Crippen molar-refractivity contribution in [1.82, 2.24) is 0 Å². The predicted octanol–water partition coefficient (Wildman–Crippen LogP) is 5.58. The Morgan fingerprint density at radius 2 is 1.52 bits per heavy atom. The van der Waals surface area contributed by atoms with Crippen molar-refractivity contribution in [2.75, 3.05) is 20.8 Å². The summed E-state index contributed by atoms with van der Waals surface area (Å²) in [5.74, 6) is 2.27. The molecule has 0 spiro atoms. The average Bonchev–Trinajstić information content (AvgIpc) is 2.82. The monoisotopic (exact) mass is 418 g/mol. The molecule has 0 heterocycles. The molecule has 0 saturated carbocycles. The van der Waals surface area contributed by atoms with Crippen LogP contribution in [0.25, 0.3) is 6.08 Å². The third kappa shape index (κ3) is 5.89. The number of methoxy groups -OCH3 is 2. The largest absolute Gasteiger partial charge is 0.496 e. The summed E-state index contributed by atoms with van der Waals surface area (Å²) in [6.45, 7) is 2.91.